The van der Waals surface area contributed by atoms with E-state index in [1.807, 2.05) is 23.4 Å². The molecular formula is C22H36N6O3. The fourth-order valence-corrected chi connectivity index (χ4v) is 5.31. The van der Waals surface area contributed by atoms with Crippen molar-refractivity contribution >= 4 is 11.9 Å². The lowest BCUT2D eigenvalue weighted by atomic mass is 9.74. The molecule has 172 valence electrons. The summed E-state index contributed by atoms with van der Waals surface area (Å²) in [6.07, 6.45) is 6.34. The van der Waals surface area contributed by atoms with Gasteiger partial charge in [-0.1, -0.05) is 31.4 Å². The fourth-order valence-electron chi connectivity index (χ4n) is 5.31. The predicted molar refractivity (Wildman–Crippen MR) is 115 cm³/mol. The van der Waals surface area contributed by atoms with Crippen molar-refractivity contribution < 1.29 is 14.3 Å². The zero-order valence-electron chi connectivity index (χ0n) is 19.2. The van der Waals surface area contributed by atoms with E-state index < -0.39 is 0 Å². The number of aromatic nitrogens is 3. The van der Waals surface area contributed by atoms with E-state index in [9.17, 15) is 9.59 Å². The van der Waals surface area contributed by atoms with Crippen molar-refractivity contribution in [2.45, 2.75) is 84.6 Å². The molecule has 1 N–H and O–H groups in total. The standard InChI is InChI=1S/C22H36N6O3/c1-4-26(5-2)20(30)23-13-17-18-14-31-22(16-28(18)25-24-17)11-12-27(15-22)19(29)21(3)9-7-6-8-10-21/h4-16H2,1-3H3,(H,23,30). The SMILES string of the molecule is CCN(CC)C(=O)NCc1nnn2c1COC1(CCN(C(=O)C3(C)CCCCC3)C1)C2. The minimum Gasteiger partial charge on any atom is -0.365 e. The van der Waals surface area contributed by atoms with Crippen molar-refractivity contribution in [3.8, 4) is 0 Å². The highest BCUT2D eigenvalue weighted by atomic mass is 16.5. The van der Waals surface area contributed by atoms with Crippen LogP contribution in [-0.4, -0.2) is 68.5 Å². The summed E-state index contributed by atoms with van der Waals surface area (Å²) in [5.74, 6) is 0.289. The molecule has 9 heteroatoms. The molecule has 3 aliphatic rings. The van der Waals surface area contributed by atoms with E-state index in [4.69, 9.17) is 4.74 Å². The molecule has 2 fully saturated rings. The topological polar surface area (TPSA) is 92.6 Å². The molecule has 1 spiro atoms. The Morgan fingerprint density at radius 3 is 2.58 bits per heavy atom. The van der Waals surface area contributed by atoms with Gasteiger partial charge in [-0.15, -0.1) is 5.10 Å². The highest BCUT2D eigenvalue weighted by Crippen LogP contribution is 2.40. The van der Waals surface area contributed by atoms with Gasteiger partial charge in [0.2, 0.25) is 5.91 Å². The maximum Gasteiger partial charge on any atom is 0.317 e. The van der Waals surface area contributed by atoms with E-state index in [1.165, 1.54) is 6.42 Å². The second kappa shape index (κ2) is 8.76. The number of ether oxygens (including phenoxy) is 1. The molecule has 0 aromatic carbocycles. The summed E-state index contributed by atoms with van der Waals surface area (Å²) < 4.78 is 8.23. The van der Waals surface area contributed by atoms with Crippen molar-refractivity contribution in [1.82, 2.24) is 30.1 Å². The normalized spacial score (nSPS) is 24.8. The number of fused-ring (bicyclic) bond motifs is 1. The molecule has 3 amide bonds. The summed E-state index contributed by atoms with van der Waals surface area (Å²) in [5, 5.41) is 11.5. The first-order chi connectivity index (χ1) is 14.9. The van der Waals surface area contributed by atoms with Crippen LogP contribution in [-0.2, 0) is 29.2 Å². The molecule has 0 radical (unpaired) electrons. The van der Waals surface area contributed by atoms with Crippen molar-refractivity contribution in [2.24, 2.45) is 5.41 Å². The second-order valence-corrected chi connectivity index (χ2v) is 9.54. The van der Waals surface area contributed by atoms with Crippen molar-refractivity contribution in [3.63, 3.8) is 0 Å². The van der Waals surface area contributed by atoms with Gasteiger partial charge < -0.3 is 19.9 Å². The van der Waals surface area contributed by atoms with Crippen molar-refractivity contribution in [2.75, 3.05) is 26.2 Å². The molecule has 31 heavy (non-hydrogen) atoms. The zero-order chi connectivity index (χ0) is 22.1. The highest BCUT2D eigenvalue weighted by Gasteiger charge is 2.48. The van der Waals surface area contributed by atoms with Crippen LogP contribution in [0.3, 0.4) is 0 Å². The predicted octanol–water partition coefficient (Wildman–Crippen LogP) is 2.30. The Hall–Kier alpha value is -2.16. The fraction of sp³-hybridized carbons (Fsp3) is 0.818. The number of amides is 3. The van der Waals surface area contributed by atoms with E-state index in [2.05, 4.69) is 22.6 Å². The molecule has 4 rings (SSSR count). The monoisotopic (exact) mass is 432 g/mol. The van der Waals surface area contributed by atoms with Crippen LogP contribution in [0.2, 0.25) is 0 Å². The van der Waals surface area contributed by atoms with Gasteiger partial charge in [0.05, 0.1) is 31.9 Å². The Morgan fingerprint density at radius 1 is 1.13 bits per heavy atom. The average Bonchev–Trinajstić information content (AvgIpc) is 3.37. The molecule has 3 heterocycles. The Labute approximate surface area is 184 Å². The molecule has 1 aromatic heterocycles. The van der Waals surface area contributed by atoms with Gasteiger partial charge in [0.1, 0.15) is 11.3 Å². The van der Waals surface area contributed by atoms with Crippen LogP contribution in [0.15, 0.2) is 0 Å². The summed E-state index contributed by atoms with van der Waals surface area (Å²) in [4.78, 5) is 29.2. The Bertz CT molecular complexity index is 814. The highest BCUT2D eigenvalue weighted by molar-refractivity contribution is 5.82. The number of nitrogens with zero attached hydrogens (tertiary/aromatic N) is 5. The summed E-state index contributed by atoms with van der Waals surface area (Å²) in [5.41, 5.74) is 1.06. The number of rotatable bonds is 5. The third-order valence-corrected chi connectivity index (χ3v) is 7.41. The first-order valence-electron chi connectivity index (χ1n) is 11.8. The molecule has 1 atom stereocenters. The lowest BCUT2D eigenvalue weighted by Crippen LogP contribution is -2.48. The summed E-state index contributed by atoms with van der Waals surface area (Å²) >= 11 is 0. The third kappa shape index (κ3) is 4.29. The van der Waals surface area contributed by atoms with E-state index in [1.54, 1.807) is 4.90 Å². The van der Waals surface area contributed by atoms with Gasteiger partial charge >= 0.3 is 6.03 Å². The van der Waals surface area contributed by atoms with E-state index >= 15 is 0 Å². The summed E-state index contributed by atoms with van der Waals surface area (Å²) in [6.45, 7) is 10.1. The third-order valence-electron chi connectivity index (χ3n) is 7.41. The Morgan fingerprint density at radius 2 is 1.87 bits per heavy atom. The van der Waals surface area contributed by atoms with Gasteiger partial charge in [0, 0.05) is 25.0 Å². The minimum atomic E-state index is -0.386. The molecule has 1 saturated carbocycles. The number of hydrogen-bond acceptors (Lipinski definition) is 5. The van der Waals surface area contributed by atoms with Gasteiger partial charge in [-0.25, -0.2) is 9.48 Å². The van der Waals surface area contributed by atoms with Crippen LogP contribution in [0.1, 0.15) is 70.7 Å². The number of carbonyl (C=O) groups is 2. The molecule has 1 saturated heterocycles. The number of urea groups is 1. The molecule has 1 aromatic rings. The van der Waals surface area contributed by atoms with Crippen molar-refractivity contribution in [3.05, 3.63) is 11.4 Å². The molecule has 1 aliphatic carbocycles. The lowest BCUT2D eigenvalue weighted by molar-refractivity contribution is -0.144. The van der Waals surface area contributed by atoms with E-state index in [0.717, 1.165) is 50.0 Å². The number of hydrogen-bond donors (Lipinski definition) is 1. The maximum atomic E-state index is 13.2. The van der Waals surface area contributed by atoms with Gasteiger partial charge in [-0.2, -0.15) is 0 Å². The largest absolute Gasteiger partial charge is 0.365 e. The maximum absolute atomic E-state index is 13.2. The molecule has 2 aliphatic heterocycles. The summed E-state index contributed by atoms with van der Waals surface area (Å²) in [6, 6.07) is -0.0962. The molecule has 1 unspecified atom stereocenters. The first kappa shape index (κ1) is 22.0. The van der Waals surface area contributed by atoms with Gasteiger partial charge in [0.25, 0.3) is 0 Å². The molecule has 9 nitrogen and oxygen atoms in total. The zero-order valence-corrected chi connectivity index (χ0v) is 19.2. The number of likely N-dealkylation sites (tertiary alicyclic amines) is 1. The Balaban J connectivity index is 1.37. The average molecular weight is 433 g/mol. The second-order valence-electron chi connectivity index (χ2n) is 9.54. The van der Waals surface area contributed by atoms with Gasteiger partial charge in [-0.05, 0) is 33.1 Å². The van der Waals surface area contributed by atoms with Crippen molar-refractivity contribution in [1.29, 1.82) is 0 Å². The molecular weight excluding hydrogens is 396 g/mol. The lowest BCUT2D eigenvalue weighted by Gasteiger charge is -2.37. The van der Waals surface area contributed by atoms with E-state index in [0.29, 0.717) is 39.3 Å². The van der Waals surface area contributed by atoms with Crippen LogP contribution >= 0.6 is 0 Å². The number of carbonyl (C=O) groups excluding carboxylic acids is 2. The van der Waals surface area contributed by atoms with Crippen LogP contribution in [0.25, 0.3) is 0 Å². The molecule has 0 bridgehead atoms. The first-order valence-corrected chi connectivity index (χ1v) is 11.8. The van der Waals surface area contributed by atoms with Crippen LogP contribution in [0.5, 0.6) is 0 Å². The quantitative estimate of drug-likeness (QED) is 0.771. The minimum absolute atomic E-state index is 0.0962. The van der Waals surface area contributed by atoms with Crippen LogP contribution < -0.4 is 5.32 Å². The smallest absolute Gasteiger partial charge is 0.317 e. The summed E-state index contributed by atoms with van der Waals surface area (Å²) in [7, 11) is 0. The van der Waals surface area contributed by atoms with Crippen LogP contribution in [0.4, 0.5) is 4.79 Å². The van der Waals surface area contributed by atoms with Crippen LogP contribution in [0, 0.1) is 5.41 Å². The Kier molecular flexibility index (Phi) is 6.23. The van der Waals surface area contributed by atoms with Gasteiger partial charge in [-0.3, -0.25) is 4.79 Å². The van der Waals surface area contributed by atoms with E-state index in [-0.39, 0.29) is 23.0 Å². The van der Waals surface area contributed by atoms with Gasteiger partial charge in [0.15, 0.2) is 0 Å². The number of nitrogens with one attached hydrogen (secondary N) is 1.